The van der Waals surface area contributed by atoms with Gasteiger partial charge in [-0.15, -0.1) is 5.10 Å². The average molecular weight is 403 g/mol. The number of fused-ring (bicyclic) bond motifs is 1. The predicted molar refractivity (Wildman–Crippen MR) is 118 cm³/mol. The third kappa shape index (κ3) is 3.78. The number of hydrogen-bond acceptors (Lipinski definition) is 6. The lowest BCUT2D eigenvalue weighted by Crippen LogP contribution is -2.07. The van der Waals surface area contributed by atoms with Gasteiger partial charge in [-0.1, -0.05) is 25.1 Å². The van der Waals surface area contributed by atoms with E-state index in [9.17, 15) is 5.11 Å². The number of nitrogens with one attached hydrogen (secondary N) is 1. The topological polar surface area (TPSA) is 84.6 Å². The number of imidazole rings is 1. The van der Waals surface area contributed by atoms with Crippen molar-refractivity contribution in [2.24, 2.45) is 0 Å². The first-order valence-corrected chi connectivity index (χ1v) is 10.1. The molecule has 154 valence electrons. The Kier molecular flexibility index (Phi) is 5.52. The number of aromatic nitrogens is 4. The Hall–Kier alpha value is -3.61. The van der Waals surface area contributed by atoms with E-state index in [0.29, 0.717) is 18.2 Å². The van der Waals surface area contributed by atoms with Crippen LogP contribution in [0.25, 0.3) is 16.9 Å². The second kappa shape index (κ2) is 8.41. The largest absolute Gasteiger partial charge is 0.508 e. The van der Waals surface area contributed by atoms with E-state index in [1.807, 2.05) is 48.7 Å². The summed E-state index contributed by atoms with van der Waals surface area (Å²) in [5.74, 6) is 2.98. The summed E-state index contributed by atoms with van der Waals surface area (Å²) in [4.78, 5) is 9.56. The van der Waals surface area contributed by atoms with E-state index in [0.717, 1.165) is 46.9 Å². The number of ether oxygens (including phenoxy) is 1. The van der Waals surface area contributed by atoms with Gasteiger partial charge in [0.15, 0.2) is 11.6 Å². The van der Waals surface area contributed by atoms with Gasteiger partial charge in [-0.05, 0) is 44.5 Å². The van der Waals surface area contributed by atoms with E-state index >= 15 is 0 Å². The van der Waals surface area contributed by atoms with Crippen LogP contribution < -0.4 is 10.1 Å². The maximum absolute atomic E-state index is 9.85. The highest BCUT2D eigenvalue weighted by atomic mass is 16.5. The summed E-state index contributed by atoms with van der Waals surface area (Å²) in [5, 5.41) is 18.0. The molecule has 0 saturated heterocycles. The summed E-state index contributed by atoms with van der Waals surface area (Å²) in [7, 11) is 0. The number of hydrogen-bond donors (Lipinski definition) is 2. The monoisotopic (exact) mass is 403 g/mol. The molecule has 2 aromatic carbocycles. The molecule has 0 aliphatic carbocycles. The molecule has 30 heavy (non-hydrogen) atoms. The first kappa shape index (κ1) is 19.7. The van der Waals surface area contributed by atoms with E-state index in [1.54, 1.807) is 18.2 Å². The van der Waals surface area contributed by atoms with Gasteiger partial charge in [0.1, 0.15) is 22.8 Å². The van der Waals surface area contributed by atoms with Crippen LogP contribution in [0.3, 0.4) is 0 Å². The zero-order chi connectivity index (χ0) is 21.1. The third-order valence-corrected chi connectivity index (χ3v) is 4.74. The first-order chi connectivity index (χ1) is 14.6. The molecule has 0 spiro atoms. The fourth-order valence-electron chi connectivity index (χ4n) is 3.47. The van der Waals surface area contributed by atoms with Crippen molar-refractivity contribution in [3.63, 3.8) is 0 Å². The minimum atomic E-state index is 0.184. The van der Waals surface area contributed by atoms with E-state index in [4.69, 9.17) is 19.8 Å². The van der Waals surface area contributed by atoms with Crippen LogP contribution in [0, 0.1) is 6.92 Å². The lowest BCUT2D eigenvalue weighted by Gasteiger charge is -2.13. The van der Waals surface area contributed by atoms with Gasteiger partial charge in [-0.2, -0.15) is 0 Å². The number of aryl methyl sites for hydroxylation is 2. The molecule has 7 heteroatoms. The molecular weight excluding hydrogens is 378 g/mol. The number of phenols is 1. The lowest BCUT2D eigenvalue weighted by molar-refractivity contribution is 0.341. The molecule has 4 aromatic rings. The minimum absolute atomic E-state index is 0.184. The summed E-state index contributed by atoms with van der Waals surface area (Å²) < 4.78 is 7.67. The normalized spacial score (nSPS) is 11.0. The fourth-order valence-corrected chi connectivity index (χ4v) is 3.47. The van der Waals surface area contributed by atoms with Crippen LogP contribution in [0.15, 0.2) is 48.5 Å². The number of aromatic hydroxyl groups is 1. The maximum Gasteiger partial charge on any atom is 0.185 e. The standard InChI is InChI=1S/C23H25N5O2/c1-4-9-20-24-15(3)21-23(25-16-10-8-11-17(29)14-16)26-22(27-28(20)21)18-12-6-7-13-19(18)30-5-2/h6-8,10-14,29H,4-5,9H2,1-3H3,(H,25,26,27). The molecular formula is C23H25N5O2. The first-order valence-electron chi connectivity index (χ1n) is 10.1. The number of benzene rings is 2. The van der Waals surface area contributed by atoms with Crippen LogP contribution >= 0.6 is 0 Å². The van der Waals surface area contributed by atoms with Crippen LogP contribution in [0.1, 0.15) is 31.8 Å². The molecule has 2 N–H and O–H groups in total. The van der Waals surface area contributed by atoms with Crippen molar-refractivity contribution < 1.29 is 9.84 Å². The summed E-state index contributed by atoms with van der Waals surface area (Å²) in [6.45, 7) is 6.58. The van der Waals surface area contributed by atoms with Crippen LogP contribution in [-0.4, -0.2) is 31.3 Å². The van der Waals surface area contributed by atoms with Crippen molar-refractivity contribution in [3.05, 3.63) is 60.0 Å². The summed E-state index contributed by atoms with van der Waals surface area (Å²) in [6, 6.07) is 14.7. The number of nitrogens with zero attached hydrogens (tertiary/aromatic N) is 4. The molecule has 0 atom stereocenters. The molecule has 7 nitrogen and oxygen atoms in total. The Bertz CT molecular complexity index is 1190. The molecule has 4 rings (SSSR count). The fraction of sp³-hybridized carbons (Fsp3) is 0.261. The van der Waals surface area contributed by atoms with Gasteiger partial charge in [-0.3, -0.25) is 0 Å². The van der Waals surface area contributed by atoms with Crippen molar-refractivity contribution in [1.82, 2.24) is 19.6 Å². The smallest absolute Gasteiger partial charge is 0.185 e. The zero-order valence-corrected chi connectivity index (χ0v) is 17.4. The molecule has 0 aliphatic heterocycles. The molecule has 0 amide bonds. The van der Waals surface area contributed by atoms with Crippen LogP contribution in [-0.2, 0) is 6.42 Å². The molecule has 0 unspecified atom stereocenters. The summed E-state index contributed by atoms with van der Waals surface area (Å²) >= 11 is 0. The van der Waals surface area contributed by atoms with Crippen molar-refractivity contribution in [3.8, 4) is 22.9 Å². The van der Waals surface area contributed by atoms with E-state index < -0.39 is 0 Å². The highest BCUT2D eigenvalue weighted by Crippen LogP contribution is 2.31. The Morgan fingerprint density at radius 2 is 1.90 bits per heavy atom. The molecule has 0 fully saturated rings. The number of phenolic OH excluding ortho intramolecular Hbond substituents is 1. The van der Waals surface area contributed by atoms with Crippen molar-refractivity contribution in [1.29, 1.82) is 0 Å². The Morgan fingerprint density at radius 3 is 2.67 bits per heavy atom. The second-order valence-corrected chi connectivity index (χ2v) is 7.01. The van der Waals surface area contributed by atoms with Gasteiger partial charge in [0.2, 0.25) is 0 Å². The van der Waals surface area contributed by atoms with Crippen LogP contribution in [0.4, 0.5) is 11.5 Å². The summed E-state index contributed by atoms with van der Waals surface area (Å²) in [6.07, 6.45) is 1.77. The summed E-state index contributed by atoms with van der Waals surface area (Å²) in [5.41, 5.74) is 3.22. The number of para-hydroxylation sites is 1. The Balaban J connectivity index is 1.93. The van der Waals surface area contributed by atoms with E-state index in [1.165, 1.54) is 0 Å². The quantitative estimate of drug-likeness (QED) is 0.457. The third-order valence-electron chi connectivity index (χ3n) is 4.74. The average Bonchev–Trinajstić information content (AvgIpc) is 3.05. The molecule has 2 heterocycles. The molecule has 0 saturated carbocycles. The van der Waals surface area contributed by atoms with Gasteiger partial charge in [0, 0.05) is 18.2 Å². The second-order valence-electron chi connectivity index (χ2n) is 7.01. The van der Waals surface area contributed by atoms with Gasteiger partial charge in [0.25, 0.3) is 0 Å². The molecule has 2 aromatic heterocycles. The zero-order valence-electron chi connectivity index (χ0n) is 17.4. The number of rotatable bonds is 7. The maximum atomic E-state index is 9.85. The SMILES string of the molecule is CCCc1nc(C)c2c(Nc3cccc(O)c3)nc(-c3ccccc3OCC)nn12. The molecule has 0 bridgehead atoms. The van der Waals surface area contributed by atoms with Gasteiger partial charge < -0.3 is 15.2 Å². The Morgan fingerprint density at radius 1 is 1.07 bits per heavy atom. The number of anilines is 2. The predicted octanol–water partition coefficient (Wildman–Crippen LogP) is 4.90. The lowest BCUT2D eigenvalue weighted by atomic mass is 10.2. The van der Waals surface area contributed by atoms with Crippen LogP contribution in [0.2, 0.25) is 0 Å². The van der Waals surface area contributed by atoms with Crippen molar-refractivity contribution in [2.75, 3.05) is 11.9 Å². The van der Waals surface area contributed by atoms with E-state index in [2.05, 4.69) is 12.2 Å². The molecule has 0 radical (unpaired) electrons. The van der Waals surface area contributed by atoms with Gasteiger partial charge in [-0.25, -0.2) is 14.5 Å². The van der Waals surface area contributed by atoms with E-state index in [-0.39, 0.29) is 5.75 Å². The highest BCUT2D eigenvalue weighted by Gasteiger charge is 2.19. The van der Waals surface area contributed by atoms with Gasteiger partial charge >= 0.3 is 0 Å². The van der Waals surface area contributed by atoms with Crippen molar-refractivity contribution >= 4 is 17.0 Å². The minimum Gasteiger partial charge on any atom is -0.508 e. The molecule has 0 aliphatic rings. The Labute approximate surface area is 175 Å². The van der Waals surface area contributed by atoms with Crippen LogP contribution in [0.5, 0.6) is 11.5 Å². The van der Waals surface area contributed by atoms with Gasteiger partial charge in [0.05, 0.1) is 17.9 Å². The highest BCUT2D eigenvalue weighted by molar-refractivity contribution is 5.78. The van der Waals surface area contributed by atoms with Crippen molar-refractivity contribution in [2.45, 2.75) is 33.6 Å².